The summed E-state index contributed by atoms with van der Waals surface area (Å²) in [7, 11) is 2.98. The third kappa shape index (κ3) is 5.34. The van der Waals surface area contributed by atoms with Gasteiger partial charge in [-0.05, 0) is 54.0 Å². The van der Waals surface area contributed by atoms with Gasteiger partial charge in [-0.25, -0.2) is 0 Å². The second kappa shape index (κ2) is 9.22. The van der Waals surface area contributed by atoms with Crippen molar-refractivity contribution in [3.63, 3.8) is 0 Å². The number of aromatic hydroxyl groups is 2. The highest BCUT2D eigenvalue weighted by Crippen LogP contribution is 2.27. The molecule has 0 unspecified atom stereocenters. The molecule has 2 aromatic rings. The number of aliphatic hydroxyl groups excluding tert-OH is 1. The van der Waals surface area contributed by atoms with E-state index in [-0.39, 0.29) is 17.3 Å². The van der Waals surface area contributed by atoms with Crippen molar-refractivity contribution >= 4 is 12.2 Å². The highest BCUT2D eigenvalue weighted by molar-refractivity contribution is 5.58. The molecule has 136 valence electrons. The Morgan fingerprint density at radius 2 is 1.42 bits per heavy atom. The van der Waals surface area contributed by atoms with Crippen LogP contribution in [-0.2, 0) is 0 Å². The van der Waals surface area contributed by atoms with Crippen LogP contribution in [0.25, 0.3) is 12.2 Å². The number of benzene rings is 2. The Hall–Kier alpha value is -3.34. The summed E-state index contributed by atoms with van der Waals surface area (Å²) in [6, 6.07) is 10.0. The first-order chi connectivity index (χ1) is 12.5. The molecule has 0 aliphatic carbocycles. The second-order valence-corrected chi connectivity index (χ2v) is 5.46. The fourth-order valence-electron chi connectivity index (χ4n) is 2.24. The monoisotopic (exact) mass is 354 g/mol. The zero-order chi connectivity index (χ0) is 18.9. The van der Waals surface area contributed by atoms with Crippen molar-refractivity contribution < 1.29 is 24.8 Å². The quantitative estimate of drug-likeness (QED) is 0.497. The summed E-state index contributed by atoms with van der Waals surface area (Å²) in [5.74, 6) is 1.09. The van der Waals surface area contributed by atoms with Crippen LogP contribution in [0.15, 0.2) is 60.4 Å². The Morgan fingerprint density at radius 1 is 0.885 bits per heavy atom. The topological polar surface area (TPSA) is 79.2 Å². The molecule has 26 heavy (non-hydrogen) atoms. The molecule has 0 amide bonds. The van der Waals surface area contributed by atoms with E-state index in [1.165, 1.54) is 20.3 Å². The molecule has 0 radical (unpaired) electrons. The molecule has 5 heteroatoms. The molecule has 0 aliphatic rings. The van der Waals surface area contributed by atoms with Crippen molar-refractivity contribution in [1.29, 1.82) is 0 Å². The van der Waals surface area contributed by atoms with Crippen LogP contribution in [-0.4, -0.2) is 29.5 Å². The molecule has 0 aliphatic heterocycles. The van der Waals surface area contributed by atoms with E-state index in [1.54, 1.807) is 48.6 Å². The zero-order valence-electron chi connectivity index (χ0n) is 14.7. The number of phenols is 2. The molecular formula is C21H22O5. The van der Waals surface area contributed by atoms with Crippen molar-refractivity contribution in [3.8, 4) is 23.0 Å². The predicted molar refractivity (Wildman–Crippen MR) is 103 cm³/mol. The lowest BCUT2D eigenvalue weighted by atomic mass is 10.1. The van der Waals surface area contributed by atoms with E-state index in [2.05, 4.69) is 0 Å². The van der Waals surface area contributed by atoms with Crippen LogP contribution in [0, 0.1) is 0 Å². The van der Waals surface area contributed by atoms with Crippen LogP contribution in [0.2, 0.25) is 0 Å². The van der Waals surface area contributed by atoms with Gasteiger partial charge in [-0.1, -0.05) is 30.4 Å². The van der Waals surface area contributed by atoms with Crippen LogP contribution in [0.1, 0.15) is 17.5 Å². The van der Waals surface area contributed by atoms with Crippen molar-refractivity contribution in [2.45, 2.75) is 6.42 Å². The van der Waals surface area contributed by atoms with Gasteiger partial charge in [-0.2, -0.15) is 0 Å². The molecule has 0 fully saturated rings. The van der Waals surface area contributed by atoms with E-state index in [4.69, 9.17) is 9.47 Å². The summed E-state index contributed by atoms with van der Waals surface area (Å²) < 4.78 is 10.1. The van der Waals surface area contributed by atoms with Crippen LogP contribution in [0.5, 0.6) is 23.0 Å². The fraction of sp³-hybridized carbons (Fsp3) is 0.143. The summed E-state index contributed by atoms with van der Waals surface area (Å²) in [6.45, 7) is 0. The van der Waals surface area contributed by atoms with Crippen LogP contribution in [0.3, 0.4) is 0 Å². The highest BCUT2D eigenvalue weighted by atomic mass is 16.5. The predicted octanol–water partition coefficient (Wildman–Crippen LogP) is 4.67. The van der Waals surface area contributed by atoms with Gasteiger partial charge in [0.2, 0.25) is 0 Å². The molecule has 3 N–H and O–H groups in total. The van der Waals surface area contributed by atoms with Crippen molar-refractivity contribution in [2.75, 3.05) is 14.2 Å². The van der Waals surface area contributed by atoms with Crippen LogP contribution < -0.4 is 9.47 Å². The van der Waals surface area contributed by atoms with Gasteiger partial charge < -0.3 is 24.8 Å². The number of methoxy groups -OCH3 is 2. The molecule has 0 saturated heterocycles. The molecule has 0 saturated carbocycles. The van der Waals surface area contributed by atoms with E-state index in [0.29, 0.717) is 17.9 Å². The largest absolute Gasteiger partial charge is 0.508 e. The van der Waals surface area contributed by atoms with Gasteiger partial charge in [0, 0.05) is 0 Å². The van der Waals surface area contributed by atoms with E-state index >= 15 is 0 Å². The maximum absolute atomic E-state index is 9.91. The molecule has 5 nitrogen and oxygen atoms in total. The molecule has 0 spiro atoms. The minimum absolute atomic E-state index is 0.0698. The minimum atomic E-state index is 0.0698. The highest BCUT2D eigenvalue weighted by Gasteiger charge is 2.01. The van der Waals surface area contributed by atoms with E-state index < -0.39 is 0 Å². The number of hydrogen-bond acceptors (Lipinski definition) is 5. The van der Waals surface area contributed by atoms with Gasteiger partial charge in [0.05, 0.1) is 14.2 Å². The average Bonchev–Trinajstić information content (AvgIpc) is 2.65. The van der Waals surface area contributed by atoms with E-state index in [1.807, 2.05) is 12.2 Å². The molecule has 0 heterocycles. The third-order valence-electron chi connectivity index (χ3n) is 3.63. The first-order valence-corrected chi connectivity index (χ1v) is 8.01. The average molecular weight is 354 g/mol. The summed E-state index contributed by atoms with van der Waals surface area (Å²) in [4.78, 5) is 0. The Bertz CT molecular complexity index is 834. The van der Waals surface area contributed by atoms with Gasteiger partial charge in [-0.3, -0.25) is 0 Å². The maximum Gasteiger partial charge on any atom is 0.161 e. The Labute approximate surface area is 152 Å². The van der Waals surface area contributed by atoms with E-state index in [9.17, 15) is 15.3 Å². The molecule has 2 rings (SSSR count). The molecule has 0 aromatic heterocycles. The van der Waals surface area contributed by atoms with Crippen LogP contribution in [0.4, 0.5) is 0 Å². The number of aliphatic hydroxyl groups is 1. The maximum atomic E-state index is 9.91. The number of allylic oxidation sites excluding steroid dienone is 3. The number of ether oxygens (including phenoxy) is 2. The smallest absolute Gasteiger partial charge is 0.161 e. The summed E-state index contributed by atoms with van der Waals surface area (Å²) in [6.07, 6.45) is 9.27. The Morgan fingerprint density at radius 3 is 1.96 bits per heavy atom. The summed E-state index contributed by atoms with van der Waals surface area (Å²) in [5, 5.41) is 29.0. The number of phenolic OH excluding ortho intramolecular Hbond substituents is 2. The molecule has 2 aromatic carbocycles. The first kappa shape index (κ1) is 19.0. The third-order valence-corrected chi connectivity index (χ3v) is 3.63. The van der Waals surface area contributed by atoms with Crippen LogP contribution >= 0.6 is 0 Å². The molecular weight excluding hydrogens is 332 g/mol. The SMILES string of the molecule is COc1cc(/C=C/C/C=C(O)/C=C/c2ccc(O)c(OC)c2)ccc1O. The fourth-order valence-corrected chi connectivity index (χ4v) is 2.24. The lowest BCUT2D eigenvalue weighted by molar-refractivity contribution is 0.373. The van der Waals surface area contributed by atoms with Gasteiger partial charge in [0.15, 0.2) is 23.0 Å². The van der Waals surface area contributed by atoms with Gasteiger partial charge >= 0.3 is 0 Å². The van der Waals surface area contributed by atoms with Gasteiger partial charge in [-0.15, -0.1) is 0 Å². The first-order valence-electron chi connectivity index (χ1n) is 8.01. The zero-order valence-corrected chi connectivity index (χ0v) is 14.7. The number of rotatable bonds is 7. The van der Waals surface area contributed by atoms with Gasteiger partial charge in [0.25, 0.3) is 0 Å². The standard InChI is InChI=1S/C21H22O5/c1-25-20-13-15(8-11-18(20)23)5-3-4-6-17(22)10-7-16-9-12-19(24)21(14-16)26-2/h3,5-14,22-24H,4H2,1-2H3/b5-3+,10-7+,17-6-. The van der Waals surface area contributed by atoms with Crippen molar-refractivity contribution in [2.24, 2.45) is 0 Å². The van der Waals surface area contributed by atoms with Crippen molar-refractivity contribution in [1.82, 2.24) is 0 Å². The molecule has 0 bridgehead atoms. The number of hydrogen-bond donors (Lipinski definition) is 3. The molecule has 0 atom stereocenters. The lowest BCUT2D eigenvalue weighted by Crippen LogP contribution is -1.84. The normalized spacial score (nSPS) is 12.0. The minimum Gasteiger partial charge on any atom is -0.508 e. The Kier molecular flexibility index (Phi) is 6.74. The van der Waals surface area contributed by atoms with E-state index in [0.717, 1.165) is 11.1 Å². The lowest BCUT2D eigenvalue weighted by Gasteiger charge is -2.03. The summed E-state index contributed by atoms with van der Waals surface area (Å²) >= 11 is 0. The Balaban J connectivity index is 1.95. The second-order valence-electron chi connectivity index (χ2n) is 5.46. The summed E-state index contributed by atoms with van der Waals surface area (Å²) in [5.41, 5.74) is 1.69. The van der Waals surface area contributed by atoms with Crippen molar-refractivity contribution in [3.05, 3.63) is 71.5 Å². The van der Waals surface area contributed by atoms with Gasteiger partial charge in [0.1, 0.15) is 5.76 Å².